The summed E-state index contributed by atoms with van der Waals surface area (Å²) in [5, 5.41) is 2.10. The highest BCUT2D eigenvalue weighted by Crippen LogP contribution is 2.38. The highest BCUT2D eigenvalue weighted by molar-refractivity contribution is 9.10. The van der Waals surface area contributed by atoms with Gasteiger partial charge in [0.1, 0.15) is 12.6 Å². The Morgan fingerprint density at radius 1 is 1.02 bits per heavy atom. The Hall–Kier alpha value is -3.09. The zero-order valence-corrected chi connectivity index (χ0v) is 25.3. The monoisotopic (exact) mass is 673 g/mol. The minimum atomic E-state index is -4.88. The number of sulfonamides is 1. The van der Waals surface area contributed by atoms with Gasteiger partial charge in [0.15, 0.2) is 0 Å². The SMILES string of the molecule is CCCNC(=O)C(C)N(Cc1cccc(Br)c1)C(=O)CN(c1ccc(Cl)c(C(F)(F)F)c1)S(=O)(=O)c1ccccc1. The van der Waals surface area contributed by atoms with Gasteiger partial charge in [0.05, 0.1) is 21.2 Å². The number of halogens is 5. The van der Waals surface area contributed by atoms with Crippen LogP contribution in [0, 0.1) is 0 Å². The Morgan fingerprint density at radius 2 is 1.71 bits per heavy atom. The van der Waals surface area contributed by atoms with Gasteiger partial charge in [-0.3, -0.25) is 13.9 Å². The molecule has 2 amide bonds. The molecule has 3 aromatic rings. The second kappa shape index (κ2) is 13.7. The van der Waals surface area contributed by atoms with Crippen LogP contribution in [-0.4, -0.2) is 44.3 Å². The van der Waals surface area contributed by atoms with E-state index in [2.05, 4.69) is 21.2 Å². The van der Waals surface area contributed by atoms with E-state index in [0.29, 0.717) is 28.9 Å². The molecule has 0 heterocycles. The Labute approximate surface area is 250 Å². The number of amides is 2. The van der Waals surface area contributed by atoms with E-state index in [1.807, 2.05) is 6.92 Å². The fourth-order valence-electron chi connectivity index (χ4n) is 3.94. The summed E-state index contributed by atoms with van der Waals surface area (Å²) in [5.74, 6) is -1.26. The topological polar surface area (TPSA) is 86.8 Å². The van der Waals surface area contributed by atoms with Crippen LogP contribution in [0.4, 0.5) is 18.9 Å². The van der Waals surface area contributed by atoms with Crippen LogP contribution in [0.15, 0.2) is 82.2 Å². The zero-order chi connectivity index (χ0) is 30.4. The molecule has 0 aliphatic carbocycles. The standard InChI is InChI=1S/C28H28BrClF3N3O4S/c1-3-14-34-27(38)19(2)35(17-20-8-7-9-21(29)15-20)26(37)18-36(41(39,40)23-10-5-4-6-11-23)22-12-13-25(30)24(16-22)28(31,32)33/h4-13,15-16,19H,3,14,17-18H2,1-2H3,(H,34,38). The molecular formula is C28H28BrClF3N3O4S. The quantitative estimate of drug-likeness (QED) is 0.260. The van der Waals surface area contributed by atoms with Crippen LogP contribution in [0.5, 0.6) is 0 Å². The molecule has 1 atom stereocenters. The highest BCUT2D eigenvalue weighted by Gasteiger charge is 2.37. The maximum absolute atomic E-state index is 13.8. The lowest BCUT2D eigenvalue weighted by Gasteiger charge is -2.32. The summed E-state index contributed by atoms with van der Waals surface area (Å²) in [6.45, 7) is 2.79. The van der Waals surface area contributed by atoms with Crippen LogP contribution < -0.4 is 9.62 Å². The molecule has 41 heavy (non-hydrogen) atoms. The summed E-state index contributed by atoms with van der Waals surface area (Å²) in [4.78, 5) is 27.7. The molecular weight excluding hydrogens is 647 g/mol. The number of anilines is 1. The molecule has 0 saturated heterocycles. The van der Waals surface area contributed by atoms with Crippen molar-refractivity contribution in [3.63, 3.8) is 0 Å². The third kappa shape index (κ3) is 8.23. The van der Waals surface area contributed by atoms with E-state index in [4.69, 9.17) is 11.6 Å². The van der Waals surface area contributed by atoms with Crippen LogP contribution in [0.3, 0.4) is 0 Å². The van der Waals surface area contributed by atoms with Gasteiger partial charge in [-0.2, -0.15) is 13.2 Å². The van der Waals surface area contributed by atoms with Crippen LogP contribution in [0.25, 0.3) is 0 Å². The number of nitrogens with one attached hydrogen (secondary N) is 1. The molecule has 0 aliphatic rings. The predicted molar refractivity (Wildman–Crippen MR) is 155 cm³/mol. The van der Waals surface area contributed by atoms with Crippen LogP contribution >= 0.6 is 27.5 Å². The Balaban J connectivity index is 2.10. The molecule has 0 bridgehead atoms. The number of rotatable bonds is 11. The fourth-order valence-corrected chi connectivity index (χ4v) is 6.04. The minimum Gasteiger partial charge on any atom is -0.354 e. The lowest BCUT2D eigenvalue weighted by Crippen LogP contribution is -2.51. The number of hydrogen-bond donors (Lipinski definition) is 1. The van der Waals surface area contributed by atoms with Crippen molar-refractivity contribution in [2.75, 3.05) is 17.4 Å². The van der Waals surface area contributed by atoms with Crippen LogP contribution in [-0.2, 0) is 32.3 Å². The Kier molecular flexibility index (Phi) is 10.8. The van der Waals surface area contributed by atoms with Gasteiger partial charge >= 0.3 is 6.18 Å². The van der Waals surface area contributed by atoms with Gasteiger partial charge < -0.3 is 10.2 Å². The number of carbonyl (C=O) groups excluding carboxylic acids is 2. The zero-order valence-electron chi connectivity index (χ0n) is 22.2. The maximum atomic E-state index is 13.8. The molecule has 1 unspecified atom stereocenters. The number of nitrogens with zero attached hydrogens (tertiary/aromatic N) is 2. The first-order valence-corrected chi connectivity index (χ1v) is 15.1. The third-order valence-electron chi connectivity index (χ3n) is 6.11. The molecule has 3 rings (SSSR count). The molecule has 13 heteroatoms. The van der Waals surface area contributed by atoms with E-state index in [0.717, 1.165) is 16.6 Å². The van der Waals surface area contributed by atoms with Gasteiger partial charge in [-0.05, 0) is 61.4 Å². The summed E-state index contributed by atoms with van der Waals surface area (Å²) >= 11 is 9.15. The summed E-state index contributed by atoms with van der Waals surface area (Å²) < 4.78 is 69.9. The molecule has 7 nitrogen and oxygen atoms in total. The summed E-state index contributed by atoms with van der Waals surface area (Å²) in [6, 6.07) is 15.6. The van der Waals surface area contributed by atoms with E-state index in [1.54, 1.807) is 30.3 Å². The van der Waals surface area contributed by atoms with Crippen LogP contribution in [0.2, 0.25) is 5.02 Å². The summed E-state index contributed by atoms with van der Waals surface area (Å²) in [6.07, 6.45) is -4.23. The van der Waals surface area contributed by atoms with Crippen LogP contribution in [0.1, 0.15) is 31.4 Å². The van der Waals surface area contributed by atoms with Gasteiger partial charge in [0.2, 0.25) is 11.8 Å². The number of carbonyl (C=O) groups is 2. The number of benzene rings is 3. The fraction of sp³-hybridized carbons (Fsp3) is 0.286. The minimum absolute atomic E-state index is 0.0629. The first kappa shape index (κ1) is 32.4. The summed E-state index contributed by atoms with van der Waals surface area (Å²) in [5.41, 5.74) is -1.02. The number of hydrogen-bond acceptors (Lipinski definition) is 4. The van der Waals surface area contributed by atoms with Crippen molar-refractivity contribution in [1.29, 1.82) is 0 Å². The van der Waals surface area contributed by atoms with Gasteiger partial charge in [0, 0.05) is 17.6 Å². The van der Waals surface area contributed by atoms with Gasteiger partial charge in [0.25, 0.3) is 10.0 Å². The Bertz CT molecular complexity index is 1490. The highest BCUT2D eigenvalue weighted by atomic mass is 79.9. The molecule has 0 radical (unpaired) electrons. The van der Waals surface area contributed by atoms with Gasteiger partial charge in [-0.25, -0.2) is 8.42 Å². The average molecular weight is 675 g/mol. The first-order valence-electron chi connectivity index (χ1n) is 12.5. The van der Waals surface area contributed by atoms with Gasteiger partial charge in [-0.1, -0.05) is 64.8 Å². The lowest BCUT2D eigenvalue weighted by molar-refractivity contribution is -0.139. The van der Waals surface area contributed by atoms with Crippen molar-refractivity contribution in [2.45, 2.75) is 43.9 Å². The van der Waals surface area contributed by atoms with E-state index in [-0.39, 0.29) is 11.4 Å². The van der Waals surface area contributed by atoms with E-state index in [1.165, 1.54) is 36.1 Å². The smallest absolute Gasteiger partial charge is 0.354 e. The second-order valence-corrected chi connectivity index (χ2v) is 12.3. The molecule has 1 N–H and O–H groups in total. The second-order valence-electron chi connectivity index (χ2n) is 9.11. The largest absolute Gasteiger partial charge is 0.417 e. The van der Waals surface area contributed by atoms with Crippen molar-refractivity contribution in [3.8, 4) is 0 Å². The molecule has 0 aromatic heterocycles. The Morgan fingerprint density at radius 3 is 2.32 bits per heavy atom. The van der Waals surface area contributed by atoms with Crippen molar-refractivity contribution >= 4 is 55.1 Å². The van der Waals surface area contributed by atoms with E-state index >= 15 is 0 Å². The lowest BCUT2D eigenvalue weighted by atomic mass is 10.1. The molecule has 220 valence electrons. The normalized spacial score (nSPS) is 12.5. The van der Waals surface area contributed by atoms with Crippen molar-refractivity contribution in [1.82, 2.24) is 10.2 Å². The molecule has 0 fully saturated rings. The van der Waals surface area contributed by atoms with Gasteiger partial charge in [-0.15, -0.1) is 0 Å². The van der Waals surface area contributed by atoms with Crippen molar-refractivity contribution < 1.29 is 31.2 Å². The molecule has 3 aromatic carbocycles. The van der Waals surface area contributed by atoms with Crippen molar-refractivity contribution in [3.05, 3.63) is 93.4 Å². The maximum Gasteiger partial charge on any atom is 0.417 e. The average Bonchev–Trinajstić information content (AvgIpc) is 2.93. The van der Waals surface area contributed by atoms with E-state index < -0.39 is 56.9 Å². The first-order chi connectivity index (χ1) is 19.3. The van der Waals surface area contributed by atoms with E-state index in [9.17, 15) is 31.2 Å². The number of alkyl halides is 3. The van der Waals surface area contributed by atoms with Crippen molar-refractivity contribution in [2.24, 2.45) is 0 Å². The summed E-state index contributed by atoms with van der Waals surface area (Å²) in [7, 11) is -4.53. The molecule has 0 spiro atoms. The third-order valence-corrected chi connectivity index (χ3v) is 8.72. The predicted octanol–water partition coefficient (Wildman–Crippen LogP) is 6.26. The molecule has 0 aliphatic heterocycles. The molecule has 0 saturated carbocycles.